The Labute approximate surface area is 372 Å². The van der Waals surface area contributed by atoms with Crippen molar-refractivity contribution in [3.8, 4) is 0 Å². The standard InChI is InChI=1S/C54H98O6/c1-4-7-10-13-16-19-22-25-26-27-28-30-33-35-38-41-44-47-53(56)59-50-51(60-54(57)48-45-42-39-36-31-24-21-18-15-12-9-6-3)49-58-52(55)46-43-40-37-34-32-29-23-20-17-14-11-8-5-2/h16,19-20,23,25-26,51H,4-15,17-18,21-22,24,27-50H2,1-3H3/b19-16-,23-20-,26-25-/t51-/m0/s1. The van der Waals surface area contributed by atoms with E-state index in [4.69, 9.17) is 14.2 Å². The van der Waals surface area contributed by atoms with Crippen LogP contribution in [-0.4, -0.2) is 37.2 Å². The number of carbonyl (C=O) groups excluding carboxylic acids is 3. The fourth-order valence-electron chi connectivity index (χ4n) is 7.41. The summed E-state index contributed by atoms with van der Waals surface area (Å²) in [6.45, 7) is 6.60. The van der Waals surface area contributed by atoms with Gasteiger partial charge in [0.2, 0.25) is 0 Å². The first-order valence-electron chi connectivity index (χ1n) is 26.0. The number of carbonyl (C=O) groups is 3. The third-order valence-corrected chi connectivity index (χ3v) is 11.4. The van der Waals surface area contributed by atoms with Crippen LogP contribution >= 0.6 is 0 Å². The monoisotopic (exact) mass is 843 g/mol. The minimum Gasteiger partial charge on any atom is -0.462 e. The number of unbranched alkanes of at least 4 members (excludes halogenated alkanes) is 30. The van der Waals surface area contributed by atoms with Crippen LogP contribution in [0.5, 0.6) is 0 Å². The van der Waals surface area contributed by atoms with E-state index in [-0.39, 0.29) is 31.1 Å². The summed E-state index contributed by atoms with van der Waals surface area (Å²) >= 11 is 0. The smallest absolute Gasteiger partial charge is 0.306 e. The first-order valence-corrected chi connectivity index (χ1v) is 26.0. The van der Waals surface area contributed by atoms with Crippen molar-refractivity contribution >= 4 is 17.9 Å². The highest BCUT2D eigenvalue weighted by Crippen LogP contribution is 2.15. The minimum atomic E-state index is -0.774. The van der Waals surface area contributed by atoms with Gasteiger partial charge in [-0.15, -0.1) is 0 Å². The van der Waals surface area contributed by atoms with E-state index >= 15 is 0 Å². The van der Waals surface area contributed by atoms with Crippen molar-refractivity contribution in [2.45, 2.75) is 277 Å². The van der Waals surface area contributed by atoms with Crippen molar-refractivity contribution in [1.82, 2.24) is 0 Å². The lowest BCUT2D eigenvalue weighted by Crippen LogP contribution is -2.30. The van der Waals surface area contributed by atoms with Gasteiger partial charge in [-0.3, -0.25) is 14.4 Å². The Morgan fingerprint density at radius 2 is 0.600 bits per heavy atom. The number of allylic oxidation sites excluding steroid dienone is 6. The Balaban J connectivity index is 4.35. The summed E-state index contributed by atoms with van der Waals surface area (Å²) in [5.41, 5.74) is 0. The van der Waals surface area contributed by atoms with Gasteiger partial charge in [0, 0.05) is 19.3 Å². The summed E-state index contributed by atoms with van der Waals surface area (Å²) < 4.78 is 16.8. The summed E-state index contributed by atoms with van der Waals surface area (Å²) in [7, 11) is 0. The molecule has 0 spiro atoms. The van der Waals surface area contributed by atoms with Crippen LogP contribution in [0.1, 0.15) is 271 Å². The molecular weight excluding hydrogens is 745 g/mol. The fraction of sp³-hybridized carbons (Fsp3) is 0.833. The molecule has 0 aliphatic heterocycles. The molecule has 0 aliphatic rings. The average molecular weight is 843 g/mol. The first-order chi connectivity index (χ1) is 29.5. The quantitative estimate of drug-likeness (QED) is 0.0263. The van der Waals surface area contributed by atoms with Crippen molar-refractivity contribution < 1.29 is 28.6 Å². The van der Waals surface area contributed by atoms with Gasteiger partial charge in [0.15, 0.2) is 6.10 Å². The first kappa shape index (κ1) is 57.6. The molecular formula is C54H98O6. The summed E-state index contributed by atoms with van der Waals surface area (Å²) in [5, 5.41) is 0. The zero-order valence-electron chi connectivity index (χ0n) is 40.0. The maximum Gasteiger partial charge on any atom is 0.306 e. The van der Waals surface area contributed by atoms with Crippen LogP contribution in [0.3, 0.4) is 0 Å². The second-order valence-electron chi connectivity index (χ2n) is 17.4. The molecule has 1 atom stereocenters. The lowest BCUT2D eigenvalue weighted by Gasteiger charge is -2.18. The van der Waals surface area contributed by atoms with Crippen molar-refractivity contribution in [3.05, 3.63) is 36.5 Å². The molecule has 0 aliphatic carbocycles. The normalized spacial score (nSPS) is 12.2. The number of ether oxygens (including phenoxy) is 3. The zero-order valence-corrected chi connectivity index (χ0v) is 40.0. The molecule has 0 amide bonds. The van der Waals surface area contributed by atoms with Gasteiger partial charge in [0.05, 0.1) is 0 Å². The third-order valence-electron chi connectivity index (χ3n) is 11.4. The zero-order chi connectivity index (χ0) is 43.7. The molecule has 60 heavy (non-hydrogen) atoms. The van der Waals surface area contributed by atoms with E-state index in [1.54, 1.807) is 0 Å². The van der Waals surface area contributed by atoms with E-state index in [0.29, 0.717) is 19.3 Å². The second-order valence-corrected chi connectivity index (χ2v) is 17.4. The highest BCUT2D eigenvalue weighted by molar-refractivity contribution is 5.71. The van der Waals surface area contributed by atoms with Gasteiger partial charge >= 0.3 is 17.9 Å². The highest BCUT2D eigenvalue weighted by atomic mass is 16.6. The van der Waals surface area contributed by atoms with Gasteiger partial charge in [-0.05, 0) is 77.0 Å². The molecule has 0 bridgehead atoms. The maximum absolute atomic E-state index is 12.8. The minimum absolute atomic E-state index is 0.0762. The predicted molar refractivity (Wildman–Crippen MR) is 256 cm³/mol. The topological polar surface area (TPSA) is 78.9 Å². The van der Waals surface area contributed by atoms with E-state index < -0.39 is 6.10 Å². The summed E-state index contributed by atoms with van der Waals surface area (Å²) in [6.07, 6.45) is 56.9. The maximum atomic E-state index is 12.8. The largest absolute Gasteiger partial charge is 0.462 e. The lowest BCUT2D eigenvalue weighted by molar-refractivity contribution is -0.167. The van der Waals surface area contributed by atoms with Gasteiger partial charge in [0.1, 0.15) is 13.2 Å². The lowest BCUT2D eigenvalue weighted by atomic mass is 10.0. The third kappa shape index (κ3) is 46.7. The van der Waals surface area contributed by atoms with Gasteiger partial charge in [0.25, 0.3) is 0 Å². The molecule has 6 heteroatoms. The summed E-state index contributed by atoms with van der Waals surface area (Å²) in [4.78, 5) is 37.9. The molecule has 0 aromatic rings. The van der Waals surface area contributed by atoms with Crippen molar-refractivity contribution in [2.24, 2.45) is 0 Å². The van der Waals surface area contributed by atoms with Crippen LogP contribution in [0.15, 0.2) is 36.5 Å². The van der Waals surface area contributed by atoms with E-state index in [0.717, 1.165) is 77.0 Å². The summed E-state index contributed by atoms with van der Waals surface area (Å²) in [6, 6.07) is 0. The van der Waals surface area contributed by atoms with E-state index in [1.165, 1.54) is 154 Å². The van der Waals surface area contributed by atoms with Crippen molar-refractivity contribution in [3.63, 3.8) is 0 Å². The fourth-order valence-corrected chi connectivity index (χ4v) is 7.41. The van der Waals surface area contributed by atoms with Gasteiger partial charge in [-0.2, -0.15) is 0 Å². The molecule has 0 aromatic heterocycles. The number of esters is 3. The van der Waals surface area contributed by atoms with Crippen LogP contribution in [0, 0.1) is 0 Å². The predicted octanol–water partition coefficient (Wildman–Crippen LogP) is 16.9. The molecule has 0 saturated heterocycles. The number of hydrogen-bond acceptors (Lipinski definition) is 6. The number of hydrogen-bond donors (Lipinski definition) is 0. The molecule has 0 heterocycles. The van der Waals surface area contributed by atoms with Crippen LogP contribution in [0.2, 0.25) is 0 Å². The van der Waals surface area contributed by atoms with Gasteiger partial charge in [-0.1, -0.05) is 211 Å². The molecule has 0 saturated carbocycles. The Morgan fingerprint density at radius 3 is 0.983 bits per heavy atom. The van der Waals surface area contributed by atoms with Gasteiger partial charge < -0.3 is 14.2 Å². The van der Waals surface area contributed by atoms with E-state index in [1.807, 2.05) is 0 Å². The van der Waals surface area contributed by atoms with E-state index in [9.17, 15) is 14.4 Å². The highest BCUT2D eigenvalue weighted by Gasteiger charge is 2.19. The Kier molecular flexibility index (Phi) is 47.3. The second kappa shape index (κ2) is 49.3. The Hall–Kier alpha value is -2.37. The molecule has 350 valence electrons. The van der Waals surface area contributed by atoms with Crippen molar-refractivity contribution in [2.75, 3.05) is 13.2 Å². The van der Waals surface area contributed by atoms with Crippen LogP contribution in [0.4, 0.5) is 0 Å². The number of rotatable bonds is 47. The molecule has 0 fully saturated rings. The molecule has 6 nitrogen and oxygen atoms in total. The average Bonchev–Trinajstić information content (AvgIpc) is 3.24. The molecule has 0 N–H and O–H groups in total. The molecule has 0 unspecified atom stereocenters. The van der Waals surface area contributed by atoms with Crippen LogP contribution < -0.4 is 0 Å². The molecule has 0 radical (unpaired) electrons. The Morgan fingerprint density at radius 1 is 0.333 bits per heavy atom. The molecule has 0 rings (SSSR count). The Bertz CT molecular complexity index is 1020. The summed E-state index contributed by atoms with van der Waals surface area (Å²) in [5.74, 6) is -0.882. The van der Waals surface area contributed by atoms with E-state index in [2.05, 4.69) is 57.2 Å². The van der Waals surface area contributed by atoms with Crippen LogP contribution in [0.25, 0.3) is 0 Å². The van der Waals surface area contributed by atoms with Crippen LogP contribution in [-0.2, 0) is 28.6 Å². The SMILES string of the molecule is CCCCC/C=C\C/C=C\CCCCCCCCCC(=O)OC[C@H](COC(=O)CCCCCCC/C=C\CCCCCC)OC(=O)CCCCCCCCCCCCCC. The molecule has 0 aromatic carbocycles. The van der Waals surface area contributed by atoms with Gasteiger partial charge in [-0.25, -0.2) is 0 Å². The van der Waals surface area contributed by atoms with Crippen molar-refractivity contribution in [1.29, 1.82) is 0 Å².